The Kier molecular flexibility index (Phi) is 6.82. The molecule has 0 saturated carbocycles. The van der Waals surface area contributed by atoms with E-state index < -0.39 is 15.9 Å². The average Bonchev–Trinajstić information content (AvgIpc) is 3.11. The molecule has 1 fully saturated rings. The summed E-state index contributed by atoms with van der Waals surface area (Å²) in [5, 5.41) is 6.31. The SMILES string of the molecule is Cc1cc(NC(=O)CN(CCN2CCCCC2)S(=O)(=O)c2ccccc2)no1. The summed E-state index contributed by atoms with van der Waals surface area (Å²) in [5.41, 5.74) is 0. The summed E-state index contributed by atoms with van der Waals surface area (Å²) in [4.78, 5) is 14.9. The largest absolute Gasteiger partial charge is 0.360 e. The van der Waals surface area contributed by atoms with Gasteiger partial charge in [-0.05, 0) is 45.0 Å². The Morgan fingerprint density at radius 1 is 1.21 bits per heavy atom. The van der Waals surface area contributed by atoms with Crippen LogP contribution in [0.1, 0.15) is 25.0 Å². The molecule has 28 heavy (non-hydrogen) atoms. The number of rotatable bonds is 8. The number of aromatic nitrogens is 1. The Hall–Kier alpha value is -2.23. The van der Waals surface area contributed by atoms with Crippen LogP contribution >= 0.6 is 0 Å². The van der Waals surface area contributed by atoms with Gasteiger partial charge in [-0.3, -0.25) is 4.79 Å². The van der Waals surface area contributed by atoms with Gasteiger partial charge in [-0.1, -0.05) is 29.8 Å². The number of benzene rings is 1. The molecule has 9 heteroatoms. The summed E-state index contributed by atoms with van der Waals surface area (Å²) in [6.07, 6.45) is 3.46. The van der Waals surface area contributed by atoms with Gasteiger partial charge in [-0.25, -0.2) is 8.42 Å². The molecule has 0 atom stereocenters. The first kappa shape index (κ1) is 20.5. The number of nitrogens with one attached hydrogen (secondary N) is 1. The van der Waals surface area contributed by atoms with Crippen molar-refractivity contribution in [2.45, 2.75) is 31.1 Å². The van der Waals surface area contributed by atoms with Crippen molar-refractivity contribution in [3.05, 3.63) is 42.2 Å². The Labute approximate surface area is 165 Å². The molecule has 152 valence electrons. The van der Waals surface area contributed by atoms with Gasteiger partial charge >= 0.3 is 0 Å². The monoisotopic (exact) mass is 406 g/mol. The lowest BCUT2D eigenvalue weighted by atomic mass is 10.1. The fraction of sp³-hybridized carbons (Fsp3) is 0.474. The minimum Gasteiger partial charge on any atom is -0.360 e. The number of carbonyl (C=O) groups excluding carboxylic acids is 1. The normalized spacial score (nSPS) is 15.6. The predicted molar refractivity (Wildman–Crippen MR) is 105 cm³/mol. The maximum atomic E-state index is 13.1. The molecule has 1 saturated heterocycles. The molecule has 0 radical (unpaired) electrons. The van der Waals surface area contributed by atoms with Crippen molar-refractivity contribution in [1.29, 1.82) is 0 Å². The van der Waals surface area contributed by atoms with Crippen LogP contribution < -0.4 is 5.32 Å². The topological polar surface area (TPSA) is 95.8 Å². The number of piperidine rings is 1. The third-order valence-electron chi connectivity index (χ3n) is 4.71. The lowest BCUT2D eigenvalue weighted by molar-refractivity contribution is -0.116. The second kappa shape index (κ2) is 9.31. The van der Waals surface area contributed by atoms with Gasteiger partial charge in [-0.15, -0.1) is 0 Å². The van der Waals surface area contributed by atoms with E-state index in [9.17, 15) is 13.2 Å². The fourth-order valence-electron chi connectivity index (χ4n) is 3.23. The maximum absolute atomic E-state index is 13.1. The number of amides is 1. The van der Waals surface area contributed by atoms with Gasteiger partial charge in [0.15, 0.2) is 5.82 Å². The Morgan fingerprint density at radius 2 is 1.93 bits per heavy atom. The highest BCUT2D eigenvalue weighted by Crippen LogP contribution is 2.16. The minimum absolute atomic E-state index is 0.179. The highest BCUT2D eigenvalue weighted by molar-refractivity contribution is 7.89. The molecule has 3 rings (SSSR count). The van der Waals surface area contributed by atoms with E-state index in [0.717, 1.165) is 25.9 Å². The lowest BCUT2D eigenvalue weighted by Crippen LogP contribution is -2.43. The first-order chi connectivity index (χ1) is 13.4. The van der Waals surface area contributed by atoms with Crippen LogP contribution in [0.25, 0.3) is 0 Å². The number of hydrogen-bond acceptors (Lipinski definition) is 6. The molecule has 1 amide bonds. The van der Waals surface area contributed by atoms with Crippen LogP contribution in [0.4, 0.5) is 5.82 Å². The molecule has 1 aliphatic rings. The van der Waals surface area contributed by atoms with Crippen molar-refractivity contribution in [1.82, 2.24) is 14.4 Å². The Balaban J connectivity index is 1.72. The van der Waals surface area contributed by atoms with Gasteiger partial charge in [0.1, 0.15) is 5.76 Å². The van der Waals surface area contributed by atoms with Crippen molar-refractivity contribution in [2.24, 2.45) is 0 Å². The standard InChI is InChI=1S/C19H26N4O4S/c1-16-14-18(21-27-16)20-19(24)15-23(13-12-22-10-6-3-7-11-22)28(25,26)17-8-4-2-5-9-17/h2,4-5,8-9,14H,3,6-7,10-13,15H2,1H3,(H,20,21,24). The zero-order valence-corrected chi connectivity index (χ0v) is 16.8. The second-order valence-electron chi connectivity index (χ2n) is 6.92. The number of hydrogen-bond donors (Lipinski definition) is 1. The maximum Gasteiger partial charge on any atom is 0.243 e. The summed E-state index contributed by atoms with van der Waals surface area (Å²) in [7, 11) is -3.78. The molecule has 1 aromatic heterocycles. The van der Waals surface area contributed by atoms with Crippen molar-refractivity contribution in [2.75, 3.05) is 38.0 Å². The van der Waals surface area contributed by atoms with Gasteiger partial charge in [-0.2, -0.15) is 4.31 Å². The van der Waals surface area contributed by atoms with E-state index in [-0.39, 0.29) is 23.8 Å². The molecule has 0 bridgehead atoms. The van der Waals surface area contributed by atoms with Crippen LogP contribution in [-0.4, -0.2) is 61.4 Å². The van der Waals surface area contributed by atoms with Gasteiger partial charge in [0.25, 0.3) is 0 Å². The van der Waals surface area contributed by atoms with E-state index in [1.165, 1.54) is 10.7 Å². The van der Waals surface area contributed by atoms with E-state index in [1.54, 1.807) is 43.3 Å². The summed E-state index contributed by atoms with van der Waals surface area (Å²) < 4.78 is 32.3. The fourth-order valence-corrected chi connectivity index (χ4v) is 4.64. The van der Waals surface area contributed by atoms with Crippen molar-refractivity contribution in [3.8, 4) is 0 Å². The highest BCUT2D eigenvalue weighted by Gasteiger charge is 2.27. The van der Waals surface area contributed by atoms with Crippen molar-refractivity contribution < 1.29 is 17.7 Å². The van der Waals surface area contributed by atoms with Crippen LogP contribution in [-0.2, 0) is 14.8 Å². The van der Waals surface area contributed by atoms with Gasteiger partial charge in [0.05, 0.1) is 11.4 Å². The molecule has 1 N–H and O–H groups in total. The number of carbonyl (C=O) groups is 1. The minimum atomic E-state index is -3.78. The van der Waals surface area contributed by atoms with E-state index in [1.807, 2.05) is 0 Å². The summed E-state index contributed by atoms with van der Waals surface area (Å²) in [6.45, 7) is 4.21. The van der Waals surface area contributed by atoms with Crippen LogP contribution in [0.5, 0.6) is 0 Å². The van der Waals surface area contributed by atoms with Crippen LogP contribution in [0.15, 0.2) is 45.8 Å². The van der Waals surface area contributed by atoms with Crippen molar-refractivity contribution >= 4 is 21.7 Å². The molecular formula is C19H26N4O4S. The molecular weight excluding hydrogens is 380 g/mol. The van der Waals surface area contributed by atoms with Crippen molar-refractivity contribution in [3.63, 3.8) is 0 Å². The smallest absolute Gasteiger partial charge is 0.243 e. The van der Waals surface area contributed by atoms with Gasteiger partial charge in [0.2, 0.25) is 15.9 Å². The molecule has 2 heterocycles. The zero-order chi connectivity index (χ0) is 20.0. The first-order valence-corrected chi connectivity index (χ1v) is 10.9. The quantitative estimate of drug-likeness (QED) is 0.721. The Bertz CT molecular complexity index is 876. The average molecular weight is 407 g/mol. The third kappa shape index (κ3) is 5.40. The molecule has 8 nitrogen and oxygen atoms in total. The van der Waals surface area contributed by atoms with Crippen LogP contribution in [0.2, 0.25) is 0 Å². The van der Waals surface area contributed by atoms with Crippen LogP contribution in [0, 0.1) is 6.92 Å². The molecule has 0 unspecified atom stereocenters. The van der Waals surface area contributed by atoms with Gasteiger partial charge < -0.3 is 14.7 Å². The summed E-state index contributed by atoms with van der Waals surface area (Å²) in [6, 6.07) is 9.78. The summed E-state index contributed by atoms with van der Waals surface area (Å²) >= 11 is 0. The van der Waals surface area contributed by atoms with E-state index in [2.05, 4.69) is 15.4 Å². The number of nitrogens with zero attached hydrogens (tertiary/aromatic N) is 3. The molecule has 2 aromatic rings. The number of likely N-dealkylation sites (tertiary alicyclic amines) is 1. The number of anilines is 1. The predicted octanol–water partition coefficient (Wildman–Crippen LogP) is 2.10. The van der Waals surface area contributed by atoms with E-state index in [4.69, 9.17) is 4.52 Å². The van der Waals surface area contributed by atoms with E-state index >= 15 is 0 Å². The molecule has 1 aliphatic heterocycles. The zero-order valence-electron chi connectivity index (χ0n) is 16.0. The number of sulfonamides is 1. The second-order valence-corrected chi connectivity index (χ2v) is 8.86. The highest BCUT2D eigenvalue weighted by atomic mass is 32.2. The molecule has 1 aromatic carbocycles. The third-order valence-corrected chi connectivity index (χ3v) is 6.57. The van der Waals surface area contributed by atoms with E-state index in [0.29, 0.717) is 12.3 Å². The molecule has 0 aliphatic carbocycles. The number of aryl methyl sites for hydroxylation is 1. The van der Waals surface area contributed by atoms with Crippen LogP contribution in [0.3, 0.4) is 0 Å². The summed E-state index contributed by atoms with van der Waals surface area (Å²) in [5.74, 6) is 0.385. The molecule has 0 spiro atoms. The van der Waals surface area contributed by atoms with Gasteiger partial charge in [0, 0.05) is 19.2 Å². The lowest BCUT2D eigenvalue weighted by Gasteiger charge is -2.29. The Morgan fingerprint density at radius 3 is 2.57 bits per heavy atom. The first-order valence-electron chi connectivity index (χ1n) is 9.46.